The van der Waals surface area contributed by atoms with Gasteiger partial charge in [-0.3, -0.25) is 0 Å². The fourth-order valence-electron chi connectivity index (χ4n) is 1.53. The lowest BCUT2D eigenvalue weighted by Gasteiger charge is -2.40. The summed E-state index contributed by atoms with van der Waals surface area (Å²) in [4.78, 5) is 13.3. The largest absolute Gasteiger partial charge is 0.444 e. The Morgan fingerprint density at radius 1 is 1.53 bits per heavy atom. The molecule has 1 saturated heterocycles. The van der Waals surface area contributed by atoms with Gasteiger partial charge in [0.1, 0.15) is 5.60 Å². The summed E-state index contributed by atoms with van der Waals surface area (Å²) in [5, 5.41) is 12.6. The Balaban J connectivity index is 2.16. The number of nitrogens with one attached hydrogen (secondary N) is 1. The number of carbonyl (C=O) groups excluding carboxylic acids is 1. The lowest BCUT2D eigenvalue weighted by Crippen LogP contribution is -2.61. The summed E-state index contributed by atoms with van der Waals surface area (Å²) in [6.45, 7) is 9.42. The molecule has 0 saturated carbocycles. The molecule has 0 spiro atoms. The fraction of sp³-hybridized carbons (Fsp3) is 0.917. The van der Waals surface area contributed by atoms with Crippen LogP contribution in [0.5, 0.6) is 0 Å². The number of amides is 1. The zero-order chi connectivity index (χ0) is 13.1. The zero-order valence-corrected chi connectivity index (χ0v) is 11.2. The molecule has 17 heavy (non-hydrogen) atoms. The van der Waals surface area contributed by atoms with E-state index in [-0.39, 0.29) is 18.2 Å². The van der Waals surface area contributed by atoms with Crippen molar-refractivity contribution in [2.75, 3.05) is 19.6 Å². The third kappa shape index (κ3) is 4.91. The molecule has 0 aliphatic carbocycles. The van der Waals surface area contributed by atoms with Crippen molar-refractivity contribution in [1.29, 1.82) is 0 Å². The van der Waals surface area contributed by atoms with Crippen molar-refractivity contribution in [3.8, 4) is 0 Å². The minimum absolute atomic E-state index is 0.258. The molecule has 0 aromatic carbocycles. The number of carbonyl (C=O) groups is 1. The molecule has 0 aromatic rings. The maximum Gasteiger partial charge on any atom is 0.410 e. The van der Waals surface area contributed by atoms with Gasteiger partial charge in [0.25, 0.3) is 0 Å². The van der Waals surface area contributed by atoms with Crippen LogP contribution in [-0.2, 0) is 4.74 Å². The number of rotatable bonds is 4. The summed E-state index contributed by atoms with van der Waals surface area (Å²) < 4.78 is 5.25. The molecule has 0 radical (unpaired) electrons. The van der Waals surface area contributed by atoms with Gasteiger partial charge in [-0.15, -0.1) is 0 Å². The van der Waals surface area contributed by atoms with Crippen molar-refractivity contribution in [2.24, 2.45) is 0 Å². The number of hydrogen-bond donors (Lipinski definition) is 2. The van der Waals surface area contributed by atoms with E-state index in [9.17, 15) is 9.90 Å². The van der Waals surface area contributed by atoms with Gasteiger partial charge < -0.3 is 20.1 Å². The number of nitrogens with zero attached hydrogens (tertiary/aromatic N) is 1. The minimum Gasteiger partial charge on any atom is -0.444 e. The maximum absolute atomic E-state index is 11.6. The Bertz CT molecular complexity index is 257. The van der Waals surface area contributed by atoms with Gasteiger partial charge in [0.15, 0.2) is 0 Å². The van der Waals surface area contributed by atoms with E-state index in [0.717, 1.165) is 6.42 Å². The highest BCUT2D eigenvalue weighted by Gasteiger charge is 2.33. The van der Waals surface area contributed by atoms with Crippen LogP contribution >= 0.6 is 0 Å². The van der Waals surface area contributed by atoms with Crippen LogP contribution in [0, 0.1) is 0 Å². The third-order valence-electron chi connectivity index (χ3n) is 2.65. The summed E-state index contributed by atoms with van der Waals surface area (Å²) in [7, 11) is 0. The second kappa shape index (κ2) is 5.69. The van der Waals surface area contributed by atoms with Crippen LogP contribution in [0.15, 0.2) is 0 Å². The summed E-state index contributed by atoms with van der Waals surface area (Å²) in [6.07, 6.45) is 0.187. The number of ether oxygens (including phenoxy) is 1. The summed E-state index contributed by atoms with van der Waals surface area (Å²) in [5.74, 6) is 0. The van der Waals surface area contributed by atoms with Gasteiger partial charge in [-0.2, -0.15) is 0 Å². The summed E-state index contributed by atoms with van der Waals surface area (Å²) >= 11 is 0. The molecule has 1 amide bonds. The lowest BCUT2D eigenvalue weighted by molar-refractivity contribution is 0.00420. The van der Waals surface area contributed by atoms with Gasteiger partial charge >= 0.3 is 6.09 Å². The molecule has 5 nitrogen and oxygen atoms in total. The van der Waals surface area contributed by atoms with Crippen LogP contribution < -0.4 is 5.32 Å². The second-order valence-corrected chi connectivity index (χ2v) is 5.55. The van der Waals surface area contributed by atoms with Crippen LogP contribution in [0.4, 0.5) is 4.79 Å². The zero-order valence-electron chi connectivity index (χ0n) is 11.2. The average Bonchev–Trinajstić information content (AvgIpc) is 2.11. The number of aliphatic hydroxyl groups is 1. The monoisotopic (exact) mass is 244 g/mol. The quantitative estimate of drug-likeness (QED) is 0.773. The summed E-state index contributed by atoms with van der Waals surface area (Å²) in [5.41, 5.74) is -0.437. The Labute approximate surface area is 103 Å². The number of hydrogen-bond acceptors (Lipinski definition) is 4. The number of aliphatic hydroxyl groups excluding tert-OH is 1. The maximum atomic E-state index is 11.6. The Hall–Kier alpha value is -0.810. The Morgan fingerprint density at radius 3 is 2.59 bits per heavy atom. The Morgan fingerprint density at radius 2 is 2.12 bits per heavy atom. The highest BCUT2D eigenvalue weighted by Crippen LogP contribution is 2.15. The normalized spacial score (nSPS) is 18.8. The minimum atomic E-state index is -0.437. The van der Waals surface area contributed by atoms with Gasteiger partial charge in [0.05, 0.1) is 6.10 Å². The predicted octanol–water partition coefficient (Wildman–Crippen LogP) is 0.966. The highest BCUT2D eigenvalue weighted by molar-refractivity contribution is 5.69. The van der Waals surface area contributed by atoms with Gasteiger partial charge in [-0.05, 0) is 27.2 Å². The fourth-order valence-corrected chi connectivity index (χ4v) is 1.53. The van der Waals surface area contributed by atoms with Crippen LogP contribution in [-0.4, -0.2) is 53.5 Å². The van der Waals surface area contributed by atoms with Crippen LogP contribution in [0.2, 0.25) is 0 Å². The molecule has 100 valence electrons. The van der Waals surface area contributed by atoms with E-state index in [1.165, 1.54) is 0 Å². The topological polar surface area (TPSA) is 61.8 Å². The van der Waals surface area contributed by atoms with Crippen molar-refractivity contribution in [1.82, 2.24) is 10.2 Å². The van der Waals surface area contributed by atoms with E-state index in [4.69, 9.17) is 4.74 Å². The van der Waals surface area contributed by atoms with E-state index in [1.807, 2.05) is 27.7 Å². The standard InChI is InChI=1S/C12H24N2O3/c1-5-10(15)6-13-9-7-14(8-9)11(16)17-12(2,3)4/h9-10,13,15H,5-8H2,1-4H3. The van der Waals surface area contributed by atoms with Crippen molar-refractivity contribution >= 4 is 6.09 Å². The molecule has 2 N–H and O–H groups in total. The van der Waals surface area contributed by atoms with Crippen molar-refractivity contribution in [2.45, 2.75) is 51.9 Å². The Kier molecular flexibility index (Phi) is 4.77. The third-order valence-corrected chi connectivity index (χ3v) is 2.65. The average molecular weight is 244 g/mol. The molecule has 1 atom stereocenters. The van der Waals surface area contributed by atoms with E-state index in [2.05, 4.69) is 5.32 Å². The molecular weight excluding hydrogens is 220 g/mol. The lowest BCUT2D eigenvalue weighted by atomic mass is 10.1. The molecule has 1 aliphatic heterocycles. The van der Waals surface area contributed by atoms with Gasteiger partial charge in [-0.25, -0.2) is 4.79 Å². The van der Waals surface area contributed by atoms with E-state index >= 15 is 0 Å². The van der Waals surface area contributed by atoms with E-state index in [0.29, 0.717) is 19.6 Å². The molecular formula is C12H24N2O3. The smallest absolute Gasteiger partial charge is 0.410 e. The first-order valence-electron chi connectivity index (χ1n) is 6.21. The van der Waals surface area contributed by atoms with Gasteiger partial charge in [0, 0.05) is 25.7 Å². The van der Waals surface area contributed by atoms with Crippen LogP contribution in [0.1, 0.15) is 34.1 Å². The SMILES string of the molecule is CCC(O)CNC1CN(C(=O)OC(C)(C)C)C1. The molecule has 1 unspecified atom stereocenters. The van der Waals surface area contributed by atoms with Crippen molar-refractivity contribution in [3.05, 3.63) is 0 Å². The molecule has 5 heteroatoms. The van der Waals surface area contributed by atoms with Gasteiger partial charge in [-0.1, -0.05) is 6.92 Å². The molecule has 0 aromatic heterocycles. The highest BCUT2D eigenvalue weighted by atomic mass is 16.6. The first kappa shape index (κ1) is 14.3. The molecule has 1 heterocycles. The molecule has 1 rings (SSSR count). The van der Waals surface area contributed by atoms with Crippen LogP contribution in [0.3, 0.4) is 0 Å². The molecule has 1 fully saturated rings. The van der Waals surface area contributed by atoms with Crippen molar-refractivity contribution < 1.29 is 14.6 Å². The second-order valence-electron chi connectivity index (χ2n) is 5.55. The first-order chi connectivity index (χ1) is 7.81. The van der Waals surface area contributed by atoms with Gasteiger partial charge in [0.2, 0.25) is 0 Å². The van der Waals surface area contributed by atoms with Crippen molar-refractivity contribution in [3.63, 3.8) is 0 Å². The van der Waals surface area contributed by atoms with E-state index < -0.39 is 5.60 Å². The molecule has 1 aliphatic rings. The predicted molar refractivity (Wildman–Crippen MR) is 65.9 cm³/mol. The van der Waals surface area contributed by atoms with Crippen LogP contribution in [0.25, 0.3) is 0 Å². The number of likely N-dealkylation sites (tertiary alicyclic amines) is 1. The molecule has 0 bridgehead atoms. The summed E-state index contributed by atoms with van der Waals surface area (Å²) in [6, 6.07) is 0.281. The van der Waals surface area contributed by atoms with E-state index in [1.54, 1.807) is 4.90 Å². The first-order valence-corrected chi connectivity index (χ1v) is 6.21.